The van der Waals surface area contributed by atoms with E-state index in [4.69, 9.17) is 5.26 Å². The van der Waals surface area contributed by atoms with E-state index in [0.29, 0.717) is 5.41 Å². The maximum Gasteiger partial charge on any atom is 0.0666 e. The van der Waals surface area contributed by atoms with Crippen molar-refractivity contribution in [3.05, 3.63) is 0 Å². The molecule has 1 spiro atoms. The number of hydrogen-bond donors (Lipinski definition) is 0. The van der Waals surface area contributed by atoms with Gasteiger partial charge in [-0.25, -0.2) is 0 Å². The fraction of sp³-hybridized carbons (Fsp3) is 0.923. The van der Waals surface area contributed by atoms with Crippen molar-refractivity contribution in [3.63, 3.8) is 0 Å². The molecule has 2 fully saturated rings. The highest BCUT2D eigenvalue weighted by Crippen LogP contribution is 2.46. The summed E-state index contributed by atoms with van der Waals surface area (Å²) in [5, 5.41) is 8.79. The summed E-state index contributed by atoms with van der Waals surface area (Å²) in [7, 11) is 0. The fourth-order valence-corrected chi connectivity index (χ4v) is 3.26. The van der Waals surface area contributed by atoms with E-state index in [9.17, 15) is 0 Å². The Kier molecular flexibility index (Phi) is 3.31. The summed E-state index contributed by atoms with van der Waals surface area (Å²) < 4.78 is 0. The summed E-state index contributed by atoms with van der Waals surface area (Å²) in [5.41, 5.74) is 0.715. The fourth-order valence-electron chi connectivity index (χ4n) is 3.26. The summed E-state index contributed by atoms with van der Waals surface area (Å²) in [4.78, 5) is 2.48. The zero-order chi connectivity index (χ0) is 10.7. The number of piperidine rings is 1. The van der Waals surface area contributed by atoms with E-state index in [1.807, 2.05) is 6.92 Å². The van der Waals surface area contributed by atoms with Crippen molar-refractivity contribution in [2.75, 3.05) is 19.6 Å². The third-order valence-corrected chi connectivity index (χ3v) is 4.33. The van der Waals surface area contributed by atoms with Crippen LogP contribution in [0.3, 0.4) is 0 Å². The molecule has 1 atom stereocenters. The lowest BCUT2D eigenvalue weighted by Gasteiger charge is -2.39. The van der Waals surface area contributed by atoms with Gasteiger partial charge in [0, 0.05) is 6.54 Å². The molecule has 0 bridgehead atoms. The molecular weight excluding hydrogens is 184 g/mol. The summed E-state index contributed by atoms with van der Waals surface area (Å²) in [6.45, 7) is 5.46. The van der Waals surface area contributed by atoms with E-state index in [2.05, 4.69) is 11.0 Å². The first kappa shape index (κ1) is 11.0. The van der Waals surface area contributed by atoms with Gasteiger partial charge >= 0.3 is 0 Å². The highest BCUT2D eigenvalue weighted by molar-refractivity contribution is 4.91. The summed E-state index contributed by atoms with van der Waals surface area (Å²) in [6.07, 6.45) is 8.60. The second-order valence-electron chi connectivity index (χ2n) is 5.54. The monoisotopic (exact) mass is 206 g/mol. The molecule has 0 aromatic heterocycles. The molecule has 1 aliphatic heterocycles. The van der Waals surface area contributed by atoms with Crippen LogP contribution in [0, 0.1) is 22.7 Å². The van der Waals surface area contributed by atoms with Gasteiger partial charge in [-0.15, -0.1) is 0 Å². The largest absolute Gasteiger partial charge is 0.302 e. The Morgan fingerprint density at radius 3 is 2.33 bits per heavy atom. The van der Waals surface area contributed by atoms with Crippen LogP contribution in [-0.4, -0.2) is 24.5 Å². The molecule has 0 aromatic carbocycles. The lowest BCUT2D eigenvalue weighted by Crippen LogP contribution is -2.40. The van der Waals surface area contributed by atoms with E-state index in [-0.39, 0.29) is 5.92 Å². The predicted octanol–water partition coefficient (Wildman–Crippen LogP) is 2.80. The number of nitriles is 1. The molecular formula is C13H22N2. The molecule has 84 valence electrons. The maximum atomic E-state index is 8.79. The van der Waals surface area contributed by atoms with Crippen LogP contribution in [-0.2, 0) is 0 Å². The van der Waals surface area contributed by atoms with Gasteiger partial charge in [0.05, 0.1) is 12.0 Å². The lowest BCUT2D eigenvalue weighted by molar-refractivity contribution is 0.103. The highest BCUT2D eigenvalue weighted by Gasteiger charge is 2.36. The van der Waals surface area contributed by atoms with E-state index in [1.165, 1.54) is 51.6 Å². The Hall–Kier alpha value is -0.550. The molecule has 1 aliphatic carbocycles. The highest BCUT2D eigenvalue weighted by atomic mass is 15.1. The number of hydrogen-bond acceptors (Lipinski definition) is 2. The van der Waals surface area contributed by atoms with Crippen molar-refractivity contribution in [1.29, 1.82) is 5.26 Å². The van der Waals surface area contributed by atoms with Gasteiger partial charge in [-0.3, -0.25) is 0 Å². The Labute approximate surface area is 93.3 Å². The third kappa shape index (κ3) is 2.52. The first-order valence-electron chi connectivity index (χ1n) is 6.36. The van der Waals surface area contributed by atoms with E-state index < -0.39 is 0 Å². The minimum absolute atomic E-state index is 0.197. The molecule has 0 amide bonds. The topological polar surface area (TPSA) is 27.0 Å². The normalized spacial score (nSPS) is 27.7. The van der Waals surface area contributed by atoms with Crippen LogP contribution >= 0.6 is 0 Å². The van der Waals surface area contributed by atoms with Crippen LogP contribution < -0.4 is 0 Å². The van der Waals surface area contributed by atoms with E-state index in [1.54, 1.807) is 0 Å². The summed E-state index contributed by atoms with van der Waals surface area (Å²) in [5.74, 6) is 0.197. The Balaban J connectivity index is 1.79. The van der Waals surface area contributed by atoms with Crippen LogP contribution in [0.25, 0.3) is 0 Å². The number of nitrogens with zero attached hydrogens (tertiary/aromatic N) is 2. The SMILES string of the molecule is CC(C#N)CN1CCC2(CCCC2)CC1. The molecule has 1 saturated carbocycles. The van der Waals surface area contributed by atoms with Gasteiger partial charge in [-0.1, -0.05) is 12.8 Å². The second-order valence-corrected chi connectivity index (χ2v) is 5.54. The standard InChI is InChI=1S/C13H22N2/c1-12(10-14)11-15-8-6-13(7-9-15)4-2-3-5-13/h12H,2-9,11H2,1H3. The Morgan fingerprint density at radius 2 is 1.80 bits per heavy atom. The van der Waals surface area contributed by atoms with Crippen LogP contribution in [0.4, 0.5) is 0 Å². The van der Waals surface area contributed by atoms with Gasteiger partial charge in [0.1, 0.15) is 0 Å². The maximum absolute atomic E-state index is 8.79. The zero-order valence-electron chi connectivity index (χ0n) is 9.84. The van der Waals surface area contributed by atoms with Gasteiger partial charge in [-0.05, 0) is 51.1 Å². The van der Waals surface area contributed by atoms with Crippen molar-refractivity contribution < 1.29 is 0 Å². The van der Waals surface area contributed by atoms with Crippen molar-refractivity contribution in [2.45, 2.75) is 45.4 Å². The first-order valence-corrected chi connectivity index (χ1v) is 6.36. The summed E-state index contributed by atoms with van der Waals surface area (Å²) >= 11 is 0. The quantitative estimate of drug-likeness (QED) is 0.694. The summed E-state index contributed by atoms with van der Waals surface area (Å²) in [6, 6.07) is 2.33. The number of rotatable bonds is 2. The van der Waals surface area contributed by atoms with Crippen molar-refractivity contribution >= 4 is 0 Å². The van der Waals surface area contributed by atoms with Crippen LogP contribution in [0.2, 0.25) is 0 Å². The predicted molar refractivity (Wildman–Crippen MR) is 61.4 cm³/mol. The van der Waals surface area contributed by atoms with Gasteiger partial charge < -0.3 is 4.90 Å². The molecule has 1 heterocycles. The first-order chi connectivity index (χ1) is 7.24. The second kappa shape index (κ2) is 4.53. The molecule has 2 aliphatic rings. The van der Waals surface area contributed by atoms with E-state index in [0.717, 1.165) is 6.54 Å². The molecule has 0 N–H and O–H groups in total. The van der Waals surface area contributed by atoms with E-state index >= 15 is 0 Å². The molecule has 2 heteroatoms. The van der Waals surface area contributed by atoms with Crippen molar-refractivity contribution in [3.8, 4) is 6.07 Å². The Morgan fingerprint density at radius 1 is 1.20 bits per heavy atom. The van der Waals surface area contributed by atoms with Gasteiger partial charge in [0.15, 0.2) is 0 Å². The molecule has 1 unspecified atom stereocenters. The molecule has 15 heavy (non-hydrogen) atoms. The minimum atomic E-state index is 0.197. The average molecular weight is 206 g/mol. The number of likely N-dealkylation sites (tertiary alicyclic amines) is 1. The molecule has 0 radical (unpaired) electrons. The average Bonchev–Trinajstić information content (AvgIpc) is 2.70. The van der Waals surface area contributed by atoms with Crippen molar-refractivity contribution in [2.24, 2.45) is 11.3 Å². The lowest BCUT2D eigenvalue weighted by atomic mass is 9.77. The smallest absolute Gasteiger partial charge is 0.0666 e. The zero-order valence-corrected chi connectivity index (χ0v) is 9.84. The van der Waals surface area contributed by atoms with Gasteiger partial charge in [0.2, 0.25) is 0 Å². The Bertz CT molecular complexity index is 238. The molecule has 2 nitrogen and oxygen atoms in total. The van der Waals surface area contributed by atoms with Crippen LogP contribution in [0.1, 0.15) is 45.4 Å². The third-order valence-electron chi connectivity index (χ3n) is 4.33. The van der Waals surface area contributed by atoms with Crippen LogP contribution in [0.5, 0.6) is 0 Å². The molecule has 1 saturated heterocycles. The molecule has 2 rings (SSSR count). The van der Waals surface area contributed by atoms with Crippen molar-refractivity contribution in [1.82, 2.24) is 4.90 Å². The minimum Gasteiger partial charge on any atom is -0.302 e. The van der Waals surface area contributed by atoms with Gasteiger partial charge in [-0.2, -0.15) is 5.26 Å². The molecule has 0 aromatic rings. The van der Waals surface area contributed by atoms with Crippen LogP contribution in [0.15, 0.2) is 0 Å². The van der Waals surface area contributed by atoms with Gasteiger partial charge in [0.25, 0.3) is 0 Å².